The average Bonchev–Trinajstić information content (AvgIpc) is 3.34. The number of rotatable bonds is 3. The van der Waals surface area contributed by atoms with Gasteiger partial charge in [0.15, 0.2) is 0 Å². The lowest BCUT2D eigenvalue weighted by Gasteiger charge is -2.32. The normalized spacial score (nSPS) is 23.1. The maximum atomic E-state index is 14.5. The van der Waals surface area contributed by atoms with Crippen LogP contribution in [-0.4, -0.2) is 74.1 Å². The zero-order chi connectivity index (χ0) is 17.2. The molecule has 152 valence electrons. The van der Waals surface area contributed by atoms with Gasteiger partial charge >= 0.3 is 0 Å². The molecule has 1 aromatic rings. The molecule has 5 nitrogen and oxygen atoms in total. The van der Waals surface area contributed by atoms with E-state index in [9.17, 15) is 9.18 Å². The monoisotopic (exact) mass is 418 g/mol. The molecule has 3 fully saturated rings. The summed E-state index contributed by atoms with van der Waals surface area (Å²) in [5.74, 6) is -0.310. The van der Waals surface area contributed by atoms with Crippen LogP contribution in [0.2, 0.25) is 0 Å². The smallest absolute Gasteiger partial charge is 0.254 e. The highest BCUT2D eigenvalue weighted by Crippen LogP contribution is 2.26. The number of nitrogens with one attached hydrogen (secondary N) is 1. The third-order valence-electron chi connectivity index (χ3n) is 5.76. The van der Waals surface area contributed by atoms with Crippen LogP contribution in [0.15, 0.2) is 18.2 Å². The summed E-state index contributed by atoms with van der Waals surface area (Å²) >= 11 is 0. The first-order valence-corrected chi connectivity index (χ1v) is 9.51. The van der Waals surface area contributed by atoms with Gasteiger partial charge in [0, 0.05) is 64.0 Å². The second-order valence-corrected chi connectivity index (χ2v) is 7.34. The Morgan fingerprint density at radius 1 is 1.04 bits per heavy atom. The van der Waals surface area contributed by atoms with E-state index in [0.29, 0.717) is 17.3 Å². The molecule has 1 atom stereocenters. The van der Waals surface area contributed by atoms with Gasteiger partial charge in [-0.2, -0.15) is 0 Å². The summed E-state index contributed by atoms with van der Waals surface area (Å²) in [6, 6.07) is 5.43. The fourth-order valence-electron chi connectivity index (χ4n) is 4.31. The fraction of sp³-hybridized carbons (Fsp3) is 0.632. The van der Waals surface area contributed by atoms with Crippen LogP contribution >= 0.6 is 24.8 Å². The highest BCUT2D eigenvalue weighted by Gasteiger charge is 2.31. The van der Waals surface area contributed by atoms with Crippen LogP contribution in [0.4, 0.5) is 10.1 Å². The molecule has 1 unspecified atom stereocenters. The summed E-state index contributed by atoms with van der Waals surface area (Å²) in [6.45, 7) is 7.47. The molecule has 0 bridgehead atoms. The molecule has 3 heterocycles. The molecule has 0 saturated carbocycles. The van der Waals surface area contributed by atoms with Crippen LogP contribution in [0, 0.1) is 5.82 Å². The lowest BCUT2D eigenvalue weighted by molar-refractivity contribution is 0.0773. The Morgan fingerprint density at radius 3 is 2.41 bits per heavy atom. The van der Waals surface area contributed by atoms with E-state index < -0.39 is 0 Å². The Morgan fingerprint density at radius 2 is 1.74 bits per heavy atom. The molecule has 3 saturated heterocycles. The van der Waals surface area contributed by atoms with Gasteiger partial charge in [-0.3, -0.25) is 9.69 Å². The van der Waals surface area contributed by atoms with Crippen molar-refractivity contribution >= 4 is 36.4 Å². The molecule has 3 aliphatic heterocycles. The predicted octanol–water partition coefficient (Wildman–Crippen LogP) is 2.39. The van der Waals surface area contributed by atoms with Crippen LogP contribution in [0.3, 0.4) is 0 Å². The maximum absolute atomic E-state index is 14.5. The van der Waals surface area contributed by atoms with Gasteiger partial charge in [0.25, 0.3) is 5.91 Å². The predicted molar refractivity (Wildman–Crippen MR) is 111 cm³/mol. The van der Waals surface area contributed by atoms with Gasteiger partial charge in [0.2, 0.25) is 0 Å². The fourth-order valence-corrected chi connectivity index (χ4v) is 4.31. The largest absolute Gasteiger partial charge is 0.369 e. The SMILES string of the molecule is Cl.Cl.O=C(c1ccc(N2CCCC2)c(F)c1)N1CCC(N2CCNCC2)C1. The van der Waals surface area contributed by atoms with Crippen molar-refractivity contribution in [1.29, 1.82) is 0 Å². The highest BCUT2D eigenvalue weighted by atomic mass is 35.5. The second-order valence-electron chi connectivity index (χ2n) is 7.34. The first-order chi connectivity index (χ1) is 12.2. The lowest BCUT2D eigenvalue weighted by atomic mass is 10.1. The number of benzene rings is 1. The summed E-state index contributed by atoms with van der Waals surface area (Å²) in [7, 11) is 0. The Bertz CT molecular complexity index is 636. The van der Waals surface area contributed by atoms with E-state index in [1.807, 2.05) is 4.90 Å². The van der Waals surface area contributed by atoms with Gasteiger partial charge in [-0.25, -0.2) is 4.39 Å². The Hall–Kier alpha value is -1.08. The number of amides is 1. The number of hydrogen-bond acceptors (Lipinski definition) is 4. The summed E-state index contributed by atoms with van der Waals surface area (Å²) in [6.07, 6.45) is 3.24. The van der Waals surface area contributed by atoms with E-state index >= 15 is 0 Å². The van der Waals surface area contributed by atoms with Gasteiger partial charge in [0.05, 0.1) is 5.69 Å². The molecule has 0 radical (unpaired) electrons. The van der Waals surface area contributed by atoms with E-state index in [1.54, 1.807) is 12.1 Å². The van der Waals surface area contributed by atoms with E-state index in [0.717, 1.165) is 71.6 Å². The van der Waals surface area contributed by atoms with Crippen LogP contribution in [0.25, 0.3) is 0 Å². The minimum atomic E-state index is -0.273. The number of piperazine rings is 1. The minimum absolute atomic E-state index is 0. The summed E-state index contributed by atoms with van der Waals surface area (Å²) in [5.41, 5.74) is 1.11. The van der Waals surface area contributed by atoms with E-state index in [-0.39, 0.29) is 36.5 Å². The highest BCUT2D eigenvalue weighted by molar-refractivity contribution is 5.94. The van der Waals surface area contributed by atoms with Gasteiger partial charge in [0.1, 0.15) is 5.82 Å². The average molecular weight is 419 g/mol. The quantitative estimate of drug-likeness (QED) is 0.817. The number of hydrogen-bond donors (Lipinski definition) is 1. The maximum Gasteiger partial charge on any atom is 0.254 e. The molecule has 8 heteroatoms. The van der Waals surface area contributed by atoms with Crippen molar-refractivity contribution in [3.05, 3.63) is 29.6 Å². The Kier molecular flexibility index (Phi) is 8.16. The van der Waals surface area contributed by atoms with Crippen molar-refractivity contribution in [3.63, 3.8) is 0 Å². The van der Waals surface area contributed by atoms with Gasteiger partial charge in [-0.05, 0) is 37.5 Å². The van der Waals surface area contributed by atoms with Crippen LogP contribution in [0.5, 0.6) is 0 Å². The molecule has 3 aliphatic rings. The molecule has 1 aromatic carbocycles. The number of nitrogens with zero attached hydrogens (tertiary/aromatic N) is 3. The standard InChI is InChI=1S/C19H27FN4O.2ClH/c20-17-13-15(3-4-18(17)23-8-1-2-9-23)19(25)24-10-5-16(14-24)22-11-6-21-7-12-22;;/h3-4,13,16,21H,1-2,5-12,14H2;2*1H. The van der Waals surface area contributed by atoms with Gasteiger partial charge < -0.3 is 15.1 Å². The van der Waals surface area contributed by atoms with Gasteiger partial charge in [-0.1, -0.05) is 0 Å². The number of likely N-dealkylation sites (tertiary alicyclic amines) is 1. The van der Waals surface area contributed by atoms with Crippen molar-refractivity contribution in [1.82, 2.24) is 15.1 Å². The molecule has 0 aromatic heterocycles. The Balaban J connectivity index is 0.00000131. The molecule has 0 spiro atoms. The first-order valence-electron chi connectivity index (χ1n) is 9.51. The van der Waals surface area contributed by atoms with Crippen molar-refractivity contribution < 1.29 is 9.18 Å². The third kappa shape index (κ3) is 4.86. The molecule has 4 rings (SSSR count). The van der Waals surface area contributed by atoms with Crippen molar-refractivity contribution in [2.75, 3.05) is 57.3 Å². The second kappa shape index (κ2) is 9.92. The molecule has 27 heavy (non-hydrogen) atoms. The number of carbonyl (C=O) groups excluding carboxylic acids is 1. The van der Waals surface area contributed by atoms with Crippen molar-refractivity contribution in [3.8, 4) is 0 Å². The zero-order valence-corrected chi connectivity index (χ0v) is 17.2. The summed E-state index contributed by atoms with van der Waals surface area (Å²) in [5, 5.41) is 3.36. The Labute approximate surface area is 173 Å². The van der Waals surface area contributed by atoms with E-state index in [1.165, 1.54) is 6.07 Å². The van der Waals surface area contributed by atoms with Crippen molar-refractivity contribution in [2.24, 2.45) is 0 Å². The van der Waals surface area contributed by atoms with Crippen LogP contribution < -0.4 is 10.2 Å². The topological polar surface area (TPSA) is 38.8 Å². The van der Waals surface area contributed by atoms with Crippen LogP contribution in [0.1, 0.15) is 29.6 Å². The first kappa shape index (κ1) is 22.2. The molecule has 0 aliphatic carbocycles. The number of halogens is 3. The number of anilines is 1. The summed E-state index contributed by atoms with van der Waals surface area (Å²) < 4.78 is 14.5. The summed E-state index contributed by atoms with van der Waals surface area (Å²) in [4.78, 5) is 19.2. The molecular formula is C19H29Cl2FN4O. The number of carbonyl (C=O) groups is 1. The molecular weight excluding hydrogens is 390 g/mol. The third-order valence-corrected chi connectivity index (χ3v) is 5.76. The molecule has 1 amide bonds. The lowest BCUT2D eigenvalue weighted by Crippen LogP contribution is -2.49. The molecule has 1 N–H and O–H groups in total. The zero-order valence-electron chi connectivity index (χ0n) is 15.5. The minimum Gasteiger partial charge on any atom is -0.369 e. The van der Waals surface area contributed by atoms with Gasteiger partial charge in [-0.15, -0.1) is 24.8 Å². The van der Waals surface area contributed by atoms with E-state index in [2.05, 4.69) is 15.1 Å². The van der Waals surface area contributed by atoms with Crippen molar-refractivity contribution in [2.45, 2.75) is 25.3 Å². The van der Waals surface area contributed by atoms with Crippen LogP contribution in [-0.2, 0) is 0 Å². The van der Waals surface area contributed by atoms with E-state index in [4.69, 9.17) is 0 Å².